The van der Waals surface area contributed by atoms with Crippen molar-refractivity contribution in [2.45, 2.75) is 45.1 Å². The highest BCUT2D eigenvalue weighted by atomic mass is 32.2. The van der Waals surface area contributed by atoms with E-state index in [4.69, 9.17) is 0 Å². The summed E-state index contributed by atoms with van der Waals surface area (Å²) in [6.45, 7) is 6.78. The van der Waals surface area contributed by atoms with Gasteiger partial charge in [0.25, 0.3) is 5.91 Å². The molecule has 0 aliphatic carbocycles. The molecule has 0 bridgehead atoms. The van der Waals surface area contributed by atoms with E-state index in [1.54, 1.807) is 27.7 Å². The van der Waals surface area contributed by atoms with E-state index in [2.05, 4.69) is 5.32 Å². The van der Waals surface area contributed by atoms with Crippen LogP contribution < -0.4 is 5.32 Å². The number of hydrogen-bond donors (Lipinski definition) is 2. The predicted molar refractivity (Wildman–Crippen MR) is 108 cm³/mol. The van der Waals surface area contributed by atoms with Crippen molar-refractivity contribution in [3.05, 3.63) is 59.4 Å². The van der Waals surface area contributed by atoms with Crippen LogP contribution >= 0.6 is 0 Å². The lowest BCUT2D eigenvalue weighted by Gasteiger charge is -2.25. The van der Waals surface area contributed by atoms with Crippen LogP contribution in [0.1, 0.15) is 43.1 Å². The van der Waals surface area contributed by atoms with Gasteiger partial charge in [0.05, 0.1) is 16.8 Å². The molecule has 7 heteroatoms. The van der Waals surface area contributed by atoms with Crippen molar-refractivity contribution < 1.29 is 22.7 Å². The molecule has 2 rings (SSSR count). The van der Waals surface area contributed by atoms with Crippen LogP contribution in [0.15, 0.2) is 47.4 Å². The Balaban J connectivity index is 2.22. The third-order valence-electron chi connectivity index (χ3n) is 4.30. The summed E-state index contributed by atoms with van der Waals surface area (Å²) < 4.78 is 38.9. The second-order valence-corrected chi connectivity index (χ2v) is 9.91. The Labute approximate surface area is 165 Å². The molecular formula is C21H26FNO4S. The van der Waals surface area contributed by atoms with E-state index < -0.39 is 27.3 Å². The van der Waals surface area contributed by atoms with Gasteiger partial charge >= 0.3 is 0 Å². The lowest BCUT2D eigenvalue weighted by Crippen LogP contribution is -2.28. The summed E-state index contributed by atoms with van der Waals surface area (Å²) in [6, 6.07) is 10.0. The molecule has 1 amide bonds. The third-order valence-corrected chi connectivity index (χ3v) is 6.43. The summed E-state index contributed by atoms with van der Waals surface area (Å²) in [5.74, 6) is -0.996. The van der Waals surface area contributed by atoms with Crippen LogP contribution in [0.25, 0.3) is 0 Å². The fourth-order valence-electron chi connectivity index (χ4n) is 3.21. The molecular weight excluding hydrogens is 381 g/mol. The summed E-state index contributed by atoms with van der Waals surface area (Å²) in [5, 5.41) is 12.2. The SMILES string of the molecule is Cc1cc(NC(=O)c2cccc(S(=O)(=O)CC(C)(C)CC(C)O)c2)ccc1F. The fourth-order valence-corrected chi connectivity index (χ4v) is 5.12. The molecule has 5 nitrogen and oxygen atoms in total. The molecule has 0 saturated carbocycles. The molecule has 28 heavy (non-hydrogen) atoms. The van der Waals surface area contributed by atoms with Crippen molar-refractivity contribution in [1.82, 2.24) is 0 Å². The summed E-state index contributed by atoms with van der Waals surface area (Å²) in [5.41, 5.74) is 0.401. The third kappa shape index (κ3) is 5.87. The first-order chi connectivity index (χ1) is 12.9. The summed E-state index contributed by atoms with van der Waals surface area (Å²) in [6.07, 6.45) is -0.266. The van der Waals surface area contributed by atoms with E-state index in [9.17, 15) is 22.7 Å². The summed E-state index contributed by atoms with van der Waals surface area (Å²) in [7, 11) is -3.65. The van der Waals surface area contributed by atoms with Crippen molar-refractivity contribution in [1.29, 1.82) is 0 Å². The number of halogens is 1. The number of rotatable bonds is 7. The molecule has 0 spiro atoms. The molecule has 1 unspecified atom stereocenters. The second-order valence-electron chi connectivity index (χ2n) is 7.92. The van der Waals surface area contributed by atoms with E-state index in [0.717, 1.165) is 0 Å². The second kappa shape index (κ2) is 8.41. The van der Waals surface area contributed by atoms with Gasteiger partial charge in [-0.3, -0.25) is 4.79 Å². The molecule has 0 aliphatic rings. The molecule has 0 radical (unpaired) electrons. The highest BCUT2D eigenvalue weighted by Crippen LogP contribution is 2.28. The number of carbonyl (C=O) groups excluding carboxylic acids is 1. The highest BCUT2D eigenvalue weighted by molar-refractivity contribution is 7.91. The molecule has 0 fully saturated rings. The van der Waals surface area contributed by atoms with Gasteiger partial charge in [-0.2, -0.15) is 0 Å². The zero-order chi connectivity index (χ0) is 21.1. The number of sulfone groups is 1. The first-order valence-electron chi connectivity index (χ1n) is 8.98. The summed E-state index contributed by atoms with van der Waals surface area (Å²) >= 11 is 0. The standard InChI is InChI=1S/C21H26FNO4S/c1-14-10-17(8-9-19(14)22)23-20(25)16-6-5-7-18(11-16)28(26,27)13-21(3,4)12-15(2)24/h5-11,15,24H,12-13H2,1-4H3,(H,23,25). The first kappa shape index (κ1) is 22.0. The Morgan fingerprint density at radius 3 is 2.50 bits per heavy atom. The number of aliphatic hydroxyl groups is 1. The average Bonchev–Trinajstić information content (AvgIpc) is 2.56. The Hall–Kier alpha value is -2.25. The van der Waals surface area contributed by atoms with Gasteiger partial charge in [-0.25, -0.2) is 12.8 Å². The zero-order valence-electron chi connectivity index (χ0n) is 16.5. The van der Waals surface area contributed by atoms with E-state index in [1.807, 2.05) is 0 Å². The highest BCUT2D eigenvalue weighted by Gasteiger charge is 2.29. The lowest BCUT2D eigenvalue weighted by molar-refractivity contribution is 0.102. The van der Waals surface area contributed by atoms with Gasteiger partial charge in [-0.1, -0.05) is 19.9 Å². The average molecular weight is 408 g/mol. The Kier molecular flexibility index (Phi) is 6.62. The van der Waals surface area contributed by atoms with E-state index in [0.29, 0.717) is 17.7 Å². The number of anilines is 1. The van der Waals surface area contributed by atoms with Crippen LogP contribution in [-0.2, 0) is 9.84 Å². The van der Waals surface area contributed by atoms with Crippen LogP contribution in [0.5, 0.6) is 0 Å². The lowest BCUT2D eigenvalue weighted by atomic mass is 9.89. The molecule has 0 aromatic heterocycles. The molecule has 152 valence electrons. The number of nitrogens with one attached hydrogen (secondary N) is 1. The van der Waals surface area contributed by atoms with Crippen LogP contribution in [0.2, 0.25) is 0 Å². The number of aryl methyl sites for hydroxylation is 1. The zero-order valence-corrected chi connectivity index (χ0v) is 17.3. The van der Waals surface area contributed by atoms with Crippen molar-refractivity contribution >= 4 is 21.4 Å². The maximum Gasteiger partial charge on any atom is 0.255 e. The first-order valence-corrected chi connectivity index (χ1v) is 10.6. The molecule has 2 aromatic carbocycles. The minimum atomic E-state index is -3.65. The number of hydrogen-bond acceptors (Lipinski definition) is 4. The topological polar surface area (TPSA) is 83.5 Å². The van der Waals surface area contributed by atoms with E-state index in [1.165, 1.54) is 42.5 Å². The van der Waals surface area contributed by atoms with Gasteiger partial charge in [0.15, 0.2) is 9.84 Å². The Bertz CT molecular complexity index is 968. The number of amides is 1. The minimum Gasteiger partial charge on any atom is -0.393 e. The number of carbonyl (C=O) groups is 1. The van der Waals surface area contributed by atoms with Gasteiger partial charge < -0.3 is 10.4 Å². The van der Waals surface area contributed by atoms with Gasteiger partial charge in [0, 0.05) is 11.3 Å². The van der Waals surface area contributed by atoms with Crippen LogP contribution in [0, 0.1) is 18.2 Å². The van der Waals surface area contributed by atoms with Crippen LogP contribution in [0.4, 0.5) is 10.1 Å². The maximum atomic E-state index is 13.4. The van der Waals surface area contributed by atoms with Crippen molar-refractivity contribution in [3.63, 3.8) is 0 Å². The largest absolute Gasteiger partial charge is 0.393 e. The monoisotopic (exact) mass is 407 g/mol. The molecule has 0 heterocycles. The van der Waals surface area contributed by atoms with E-state index >= 15 is 0 Å². The molecule has 1 atom stereocenters. The van der Waals surface area contributed by atoms with Gasteiger partial charge in [0.2, 0.25) is 0 Å². The Morgan fingerprint density at radius 2 is 1.89 bits per heavy atom. The van der Waals surface area contributed by atoms with E-state index in [-0.39, 0.29) is 22.0 Å². The predicted octanol–water partition coefficient (Wildman–Crippen LogP) is 3.96. The smallest absolute Gasteiger partial charge is 0.255 e. The van der Waals surface area contributed by atoms with Crippen LogP contribution in [-0.4, -0.2) is 31.3 Å². The maximum absolute atomic E-state index is 13.4. The molecule has 2 N–H and O–H groups in total. The number of benzene rings is 2. The minimum absolute atomic E-state index is 0.0501. The van der Waals surface area contributed by atoms with Gasteiger partial charge in [0.1, 0.15) is 5.82 Å². The fraction of sp³-hybridized carbons (Fsp3) is 0.381. The normalized spacial score (nSPS) is 13.2. The van der Waals surface area contributed by atoms with Crippen LogP contribution in [0.3, 0.4) is 0 Å². The number of aliphatic hydroxyl groups excluding tert-OH is 1. The van der Waals surface area contributed by atoms with Crippen molar-refractivity contribution in [2.75, 3.05) is 11.1 Å². The van der Waals surface area contributed by atoms with Crippen molar-refractivity contribution in [3.8, 4) is 0 Å². The molecule has 0 saturated heterocycles. The van der Waals surface area contributed by atoms with Gasteiger partial charge in [-0.15, -0.1) is 0 Å². The Morgan fingerprint density at radius 1 is 1.21 bits per heavy atom. The molecule has 2 aromatic rings. The van der Waals surface area contributed by atoms with Gasteiger partial charge in [-0.05, 0) is 67.6 Å². The van der Waals surface area contributed by atoms with Crippen molar-refractivity contribution in [2.24, 2.45) is 5.41 Å². The summed E-state index contributed by atoms with van der Waals surface area (Å²) in [4.78, 5) is 12.5. The molecule has 0 aliphatic heterocycles. The quantitative estimate of drug-likeness (QED) is 0.728.